The Hall–Kier alpha value is -1.63. The van der Waals surface area contributed by atoms with Gasteiger partial charge in [0.1, 0.15) is 0 Å². The molecule has 21 heavy (non-hydrogen) atoms. The van der Waals surface area contributed by atoms with Crippen LogP contribution in [-0.4, -0.2) is 43.7 Å². The number of hydrogen-bond donors (Lipinski definition) is 1. The molecule has 0 amide bonds. The first-order valence-electron chi connectivity index (χ1n) is 6.80. The minimum Gasteiger partial charge on any atom is -0.432 e. The summed E-state index contributed by atoms with van der Waals surface area (Å²) in [5.41, 5.74) is 6.59. The number of ether oxygens (including phenoxy) is 1. The van der Waals surface area contributed by atoms with E-state index in [2.05, 4.69) is 23.5 Å². The second-order valence-corrected chi connectivity index (χ2v) is 5.49. The number of nitrogens with zero attached hydrogens (tertiary/aromatic N) is 2. The van der Waals surface area contributed by atoms with Gasteiger partial charge in [-0.2, -0.15) is 8.78 Å². The summed E-state index contributed by atoms with van der Waals surface area (Å²) in [6.07, 6.45) is 0. The molecule has 2 rings (SSSR count). The maximum absolute atomic E-state index is 13.6. The second-order valence-electron chi connectivity index (χ2n) is 5.49. The third-order valence-corrected chi connectivity index (χ3v) is 4.00. The Balaban J connectivity index is 2.30. The highest BCUT2D eigenvalue weighted by Gasteiger charge is 2.28. The lowest BCUT2D eigenvalue weighted by Gasteiger charge is -2.43. The van der Waals surface area contributed by atoms with Crippen LogP contribution < -0.4 is 15.4 Å². The first-order valence-corrected chi connectivity index (χ1v) is 6.80. The molecular formula is C14H20F3N3O. The average molecular weight is 303 g/mol. The van der Waals surface area contributed by atoms with Crippen LogP contribution in [0.3, 0.4) is 0 Å². The quantitative estimate of drug-likeness (QED) is 0.871. The Labute approximate surface area is 122 Å². The lowest BCUT2D eigenvalue weighted by Crippen LogP contribution is -2.55. The van der Waals surface area contributed by atoms with Crippen molar-refractivity contribution < 1.29 is 17.9 Å². The van der Waals surface area contributed by atoms with Gasteiger partial charge in [0.15, 0.2) is 11.6 Å². The predicted octanol–water partition coefficient (Wildman–Crippen LogP) is 2.54. The van der Waals surface area contributed by atoms with Crippen LogP contribution in [0.1, 0.15) is 13.8 Å². The number of benzene rings is 1. The van der Waals surface area contributed by atoms with Crippen molar-refractivity contribution in [2.75, 3.05) is 30.8 Å². The summed E-state index contributed by atoms with van der Waals surface area (Å²) in [7, 11) is 2.03. The zero-order valence-electron chi connectivity index (χ0n) is 12.3. The topological polar surface area (TPSA) is 41.7 Å². The van der Waals surface area contributed by atoms with Crippen molar-refractivity contribution in [3.05, 3.63) is 17.9 Å². The molecule has 2 unspecified atom stereocenters. The molecule has 0 aromatic heterocycles. The molecule has 1 heterocycles. The Morgan fingerprint density at radius 3 is 2.33 bits per heavy atom. The fourth-order valence-corrected chi connectivity index (χ4v) is 2.62. The summed E-state index contributed by atoms with van der Waals surface area (Å²) >= 11 is 0. The van der Waals surface area contributed by atoms with Crippen molar-refractivity contribution in [1.29, 1.82) is 0 Å². The summed E-state index contributed by atoms with van der Waals surface area (Å²) in [5, 5.41) is 0. The van der Waals surface area contributed by atoms with Gasteiger partial charge >= 0.3 is 6.61 Å². The van der Waals surface area contributed by atoms with Crippen molar-refractivity contribution in [1.82, 2.24) is 4.90 Å². The van der Waals surface area contributed by atoms with Gasteiger partial charge in [0.05, 0.1) is 11.4 Å². The highest BCUT2D eigenvalue weighted by Crippen LogP contribution is 2.33. The van der Waals surface area contributed by atoms with Crippen LogP contribution in [0.5, 0.6) is 5.75 Å². The van der Waals surface area contributed by atoms with Gasteiger partial charge in [0.25, 0.3) is 0 Å². The van der Waals surface area contributed by atoms with Crippen LogP contribution in [0, 0.1) is 5.82 Å². The normalized spacial score (nSPS) is 23.7. The number of anilines is 2. The molecule has 118 valence electrons. The first-order chi connectivity index (χ1) is 9.79. The van der Waals surface area contributed by atoms with Gasteiger partial charge in [0, 0.05) is 37.3 Å². The summed E-state index contributed by atoms with van der Waals surface area (Å²) in [6.45, 7) is 2.44. The SMILES string of the molecule is CC1CN(c2cc(OC(F)F)c(F)cc2N)CC(C)N1C. The van der Waals surface area contributed by atoms with Gasteiger partial charge in [-0.3, -0.25) is 4.90 Å². The van der Waals surface area contributed by atoms with Gasteiger partial charge in [-0.1, -0.05) is 0 Å². The number of halogens is 3. The van der Waals surface area contributed by atoms with E-state index < -0.39 is 18.2 Å². The Morgan fingerprint density at radius 2 is 1.81 bits per heavy atom. The lowest BCUT2D eigenvalue weighted by molar-refractivity contribution is -0.0521. The molecule has 1 aliphatic heterocycles. The number of piperazine rings is 1. The van der Waals surface area contributed by atoms with Crippen LogP contribution in [0.15, 0.2) is 12.1 Å². The predicted molar refractivity (Wildman–Crippen MR) is 76.3 cm³/mol. The summed E-state index contributed by atoms with van der Waals surface area (Å²) in [5.74, 6) is -1.36. The van der Waals surface area contributed by atoms with E-state index in [0.29, 0.717) is 18.8 Å². The monoisotopic (exact) mass is 303 g/mol. The largest absolute Gasteiger partial charge is 0.432 e. The summed E-state index contributed by atoms with van der Waals surface area (Å²) in [6, 6.07) is 2.83. The third-order valence-electron chi connectivity index (χ3n) is 4.00. The standard InChI is InChI=1S/C14H20F3N3O/c1-8-6-20(7-9(2)19(8)3)12-5-13(21-14(16)17)10(15)4-11(12)18/h4-5,8-9,14H,6-7,18H2,1-3H3. The highest BCUT2D eigenvalue weighted by atomic mass is 19.3. The molecule has 0 spiro atoms. The number of rotatable bonds is 3. The van der Waals surface area contributed by atoms with Gasteiger partial charge in [-0.25, -0.2) is 4.39 Å². The molecular weight excluding hydrogens is 283 g/mol. The van der Waals surface area contributed by atoms with Gasteiger partial charge in [-0.15, -0.1) is 0 Å². The zero-order valence-corrected chi connectivity index (χ0v) is 12.3. The fourth-order valence-electron chi connectivity index (χ4n) is 2.62. The van der Waals surface area contributed by atoms with Crippen LogP contribution in [0.25, 0.3) is 0 Å². The number of alkyl halides is 2. The smallest absolute Gasteiger partial charge is 0.387 e. The molecule has 2 N–H and O–H groups in total. The molecule has 0 aliphatic carbocycles. The van der Waals surface area contributed by atoms with E-state index in [4.69, 9.17) is 5.73 Å². The zero-order chi connectivity index (χ0) is 15.7. The Bertz CT molecular complexity index is 500. The summed E-state index contributed by atoms with van der Waals surface area (Å²) < 4.78 is 42.4. The van der Waals surface area contributed by atoms with E-state index in [0.717, 1.165) is 6.07 Å². The number of nitrogens with two attached hydrogens (primary N) is 1. The van der Waals surface area contributed by atoms with Crippen molar-refractivity contribution in [2.45, 2.75) is 32.5 Å². The van der Waals surface area contributed by atoms with Crippen molar-refractivity contribution >= 4 is 11.4 Å². The molecule has 0 radical (unpaired) electrons. The van der Waals surface area contributed by atoms with E-state index in [-0.39, 0.29) is 17.8 Å². The first kappa shape index (κ1) is 15.8. The molecule has 4 nitrogen and oxygen atoms in total. The minimum absolute atomic E-state index is 0.220. The Kier molecular flexibility index (Phi) is 4.51. The molecule has 1 aromatic carbocycles. The van der Waals surface area contributed by atoms with Crippen LogP contribution in [0.4, 0.5) is 24.5 Å². The van der Waals surface area contributed by atoms with Crippen molar-refractivity contribution in [3.8, 4) is 5.75 Å². The number of nitrogen functional groups attached to an aromatic ring is 1. The molecule has 1 saturated heterocycles. The van der Waals surface area contributed by atoms with Gasteiger partial charge in [0.2, 0.25) is 0 Å². The van der Waals surface area contributed by atoms with Crippen LogP contribution >= 0.6 is 0 Å². The summed E-state index contributed by atoms with van der Waals surface area (Å²) in [4.78, 5) is 4.20. The fraction of sp³-hybridized carbons (Fsp3) is 0.571. The molecule has 0 bridgehead atoms. The molecule has 0 saturated carbocycles. The van der Waals surface area contributed by atoms with E-state index in [1.165, 1.54) is 6.07 Å². The lowest BCUT2D eigenvalue weighted by atomic mass is 10.1. The van der Waals surface area contributed by atoms with Crippen LogP contribution in [-0.2, 0) is 0 Å². The molecule has 1 aromatic rings. The average Bonchev–Trinajstić information content (AvgIpc) is 2.38. The van der Waals surface area contributed by atoms with Gasteiger partial charge < -0.3 is 15.4 Å². The maximum atomic E-state index is 13.6. The molecule has 7 heteroatoms. The molecule has 1 fully saturated rings. The van der Waals surface area contributed by atoms with E-state index in [9.17, 15) is 13.2 Å². The molecule has 2 atom stereocenters. The van der Waals surface area contributed by atoms with Crippen molar-refractivity contribution in [2.24, 2.45) is 0 Å². The van der Waals surface area contributed by atoms with Gasteiger partial charge in [-0.05, 0) is 20.9 Å². The van der Waals surface area contributed by atoms with E-state index in [1.807, 2.05) is 11.9 Å². The maximum Gasteiger partial charge on any atom is 0.387 e. The third kappa shape index (κ3) is 3.34. The molecule has 1 aliphatic rings. The number of hydrogen-bond acceptors (Lipinski definition) is 4. The number of likely N-dealkylation sites (N-methyl/N-ethyl adjacent to an activating group) is 1. The highest BCUT2D eigenvalue weighted by molar-refractivity contribution is 5.70. The Morgan fingerprint density at radius 1 is 1.24 bits per heavy atom. The van der Waals surface area contributed by atoms with Crippen molar-refractivity contribution in [3.63, 3.8) is 0 Å². The minimum atomic E-state index is -3.07. The second kappa shape index (κ2) is 6.01. The van der Waals surface area contributed by atoms with E-state index in [1.54, 1.807) is 0 Å². The van der Waals surface area contributed by atoms with E-state index >= 15 is 0 Å². The van der Waals surface area contributed by atoms with Crippen LogP contribution in [0.2, 0.25) is 0 Å².